The maximum absolute atomic E-state index is 12.6. The number of carboxylic acid groups (broad SMARTS) is 1. The van der Waals surface area contributed by atoms with Gasteiger partial charge in [-0.1, -0.05) is 0 Å². The van der Waals surface area contributed by atoms with Gasteiger partial charge in [0.1, 0.15) is 19.3 Å². The summed E-state index contributed by atoms with van der Waals surface area (Å²) in [6.07, 6.45) is -3.50. The maximum atomic E-state index is 12.6. The first kappa shape index (κ1) is 34.9. The first-order chi connectivity index (χ1) is 20.7. The molecule has 44 heavy (non-hydrogen) atoms. The van der Waals surface area contributed by atoms with E-state index in [1.54, 1.807) is 0 Å². The van der Waals surface area contributed by atoms with Gasteiger partial charge < -0.3 is 24.4 Å². The van der Waals surface area contributed by atoms with Crippen molar-refractivity contribution in [3.05, 3.63) is 62.9 Å². The largest absolute Gasteiger partial charge is 0.481 e. The Hall–Kier alpha value is -5.34. The van der Waals surface area contributed by atoms with Crippen molar-refractivity contribution in [1.29, 1.82) is 0 Å². The molecule has 2 aromatic heterocycles. The van der Waals surface area contributed by atoms with Crippen molar-refractivity contribution in [2.24, 2.45) is 7.05 Å². The molecule has 0 spiro atoms. The van der Waals surface area contributed by atoms with Crippen molar-refractivity contribution in [3.63, 3.8) is 0 Å². The van der Waals surface area contributed by atoms with Gasteiger partial charge in [0.25, 0.3) is 0 Å². The Kier molecular flexibility index (Phi) is 12.5. The standard InChI is InChI=1S/C23H30N6O15/c1-25-20(38)28(9-4-15(33)42-2)23(41)29(21(25)39)10-6-17(35)44-12-13(30)11-43-16(34)5-8-27-19(37)24-18(36)26(22(27)40)7-3-14(31)32/h13,30H,3-12H2,1-2H3,(H,31,32)(H,24,36,37). The fraction of sp³-hybridized carbons (Fsp3) is 0.565. The number of nitrogens with zero attached hydrogens (tertiary/aromatic N) is 5. The first-order valence-corrected chi connectivity index (χ1v) is 12.8. The van der Waals surface area contributed by atoms with Crippen LogP contribution in [0.1, 0.15) is 25.7 Å². The number of nitrogens with one attached hydrogen (secondary N) is 1. The van der Waals surface area contributed by atoms with E-state index in [0.29, 0.717) is 22.8 Å². The molecule has 21 nitrogen and oxygen atoms in total. The van der Waals surface area contributed by atoms with Crippen molar-refractivity contribution in [2.45, 2.75) is 58.0 Å². The van der Waals surface area contributed by atoms with Gasteiger partial charge in [-0.25, -0.2) is 51.6 Å². The highest BCUT2D eigenvalue weighted by Gasteiger charge is 2.18. The molecule has 21 heteroatoms. The number of carbonyl (C=O) groups is 4. The predicted octanol–water partition coefficient (Wildman–Crippen LogP) is -5.31. The second-order valence-electron chi connectivity index (χ2n) is 9.02. The third-order valence-electron chi connectivity index (χ3n) is 5.93. The molecule has 0 aliphatic carbocycles. The molecular formula is C23H30N6O15. The normalized spacial score (nSPS) is 11.5. The average Bonchev–Trinajstić information content (AvgIpc) is 2.97. The molecule has 0 bridgehead atoms. The summed E-state index contributed by atoms with van der Waals surface area (Å²) in [5.74, 6) is -3.94. The highest BCUT2D eigenvalue weighted by atomic mass is 16.6. The number of carboxylic acids is 1. The third kappa shape index (κ3) is 9.34. The Labute approximate surface area is 244 Å². The SMILES string of the molecule is COC(=O)CCn1c(=O)n(C)c(=O)n(CCC(=O)OCC(O)COC(=O)CCn2c(=O)[nH]c(=O)n(CCC(=O)O)c2=O)c1=O. The number of aromatic nitrogens is 6. The summed E-state index contributed by atoms with van der Waals surface area (Å²) in [6, 6.07) is 0. The number of methoxy groups -OCH3 is 1. The summed E-state index contributed by atoms with van der Waals surface area (Å²) >= 11 is 0. The molecule has 2 heterocycles. The van der Waals surface area contributed by atoms with Gasteiger partial charge in [0.2, 0.25) is 0 Å². The van der Waals surface area contributed by atoms with E-state index in [1.807, 2.05) is 4.98 Å². The zero-order chi connectivity index (χ0) is 33.1. The molecule has 1 unspecified atom stereocenters. The molecule has 0 aromatic carbocycles. The Morgan fingerprint density at radius 1 is 0.659 bits per heavy atom. The number of hydrogen-bond acceptors (Lipinski definition) is 14. The topological polar surface area (TPSA) is 279 Å². The molecule has 2 rings (SSSR count). The van der Waals surface area contributed by atoms with Crippen LogP contribution in [0.5, 0.6) is 0 Å². The Morgan fingerprint density at radius 3 is 1.48 bits per heavy atom. The number of ether oxygens (including phenoxy) is 3. The van der Waals surface area contributed by atoms with Crippen LogP contribution in [0.3, 0.4) is 0 Å². The predicted molar refractivity (Wildman–Crippen MR) is 142 cm³/mol. The zero-order valence-corrected chi connectivity index (χ0v) is 23.6. The molecule has 3 N–H and O–H groups in total. The van der Waals surface area contributed by atoms with Gasteiger partial charge in [-0.2, -0.15) is 0 Å². The Morgan fingerprint density at radius 2 is 1.05 bits per heavy atom. The molecule has 0 saturated heterocycles. The number of rotatable bonds is 16. The highest BCUT2D eigenvalue weighted by Crippen LogP contribution is 1.96. The molecule has 0 saturated carbocycles. The minimum Gasteiger partial charge on any atom is -0.481 e. The number of H-pyrrole nitrogens is 1. The molecule has 0 radical (unpaired) electrons. The van der Waals surface area contributed by atoms with Gasteiger partial charge in [-0.3, -0.25) is 24.2 Å². The van der Waals surface area contributed by atoms with Gasteiger partial charge in [0.05, 0.1) is 32.8 Å². The number of esters is 3. The van der Waals surface area contributed by atoms with Crippen LogP contribution in [0.15, 0.2) is 28.8 Å². The number of aliphatic carboxylic acids is 1. The van der Waals surface area contributed by atoms with Crippen LogP contribution in [-0.4, -0.2) is 88.3 Å². The zero-order valence-electron chi connectivity index (χ0n) is 23.6. The van der Waals surface area contributed by atoms with Crippen LogP contribution in [0, 0.1) is 0 Å². The van der Waals surface area contributed by atoms with Gasteiger partial charge >= 0.3 is 58.0 Å². The van der Waals surface area contributed by atoms with Crippen LogP contribution in [0.4, 0.5) is 0 Å². The minimum absolute atomic E-state index is 0.325. The number of aliphatic hydroxyl groups excluding tert-OH is 1. The Bertz CT molecular complexity index is 1760. The fourth-order valence-corrected chi connectivity index (χ4v) is 3.57. The Balaban J connectivity index is 1.88. The van der Waals surface area contributed by atoms with Crippen LogP contribution in [0.2, 0.25) is 0 Å². The number of aromatic amines is 1. The molecule has 1 atom stereocenters. The molecule has 2 aromatic rings. The lowest BCUT2D eigenvalue weighted by Crippen LogP contribution is -2.54. The average molecular weight is 631 g/mol. The van der Waals surface area contributed by atoms with E-state index in [2.05, 4.69) is 4.74 Å². The van der Waals surface area contributed by atoms with Crippen molar-refractivity contribution >= 4 is 23.9 Å². The summed E-state index contributed by atoms with van der Waals surface area (Å²) in [5.41, 5.74) is -6.44. The third-order valence-corrected chi connectivity index (χ3v) is 5.93. The van der Waals surface area contributed by atoms with Crippen molar-refractivity contribution in [3.8, 4) is 0 Å². The fourth-order valence-electron chi connectivity index (χ4n) is 3.57. The van der Waals surface area contributed by atoms with Crippen molar-refractivity contribution in [1.82, 2.24) is 27.8 Å². The lowest BCUT2D eigenvalue weighted by molar-refractivity contribution is -0.152. The van der Waals surface area contributed by atoms with E-state index in [4.69, 9.17) is 14.6 Å². The monoisotopic (exact) mass is 630 g/mol. The first-order valence-electron chi connectivity index (χ1n) is 12.8. The molecule has 0 fully saturated rings. The molecule has 242 valence electrons. The van der Waals surface area contributed by atoms with Gasteiger partial charge in [0.15, 0.2) is 0 Å². The summed E-state index contributed by atoms with van der Waals surface area (Å²) < 4.78 is 16.9. The summed E-state index contributed by atoms with van der Waals surface area (Å²) in [7, 11) is 2.22. The smallest absolute Gasteiger partial charge is 0.336 e. The summed E-state index contributed by atoms with van der Waals surface area (Å²) in [6.45, 7) is -3.27. The van der Waals surface area contributed by atoms with E-state index in [0.717, 1.165) is 14.2 Å². The summed E-state index contributed by atoms with van der Waals surface area (Å²) in [4.78, 5) is 121. The van der Waals surface area contributed by atoms with E-state index < -0.39 is 116 Å². The van der Waals surface area contributed by atoms with Crippen molar-refractivity contribution < 1.29 is 43.6 Å². The number of aliphatic hydroxyl groups is 1. The minimum atomic E-state index is -1.51. The van der Waals surface area contributed by atoms with E-state index >= 15 is 0 Å². The van der Waals surface area contributed by atoms with Crippen LogP contribution >= 0.6 is 0 Å². The highest BCUT2D eigenvalue weighted by molar-refractivity contribution is 5.70. The van der Waals surface area contributed by atoms with Crippen LogP contribution in [0.25, 0.3) is 0 Å². The number of hydrogen-bond donors (Lipinski definition) is 3. The lowest BCUT2D eigenvalue weighted by atomic mass is 10.4. The van der Waals surface area contributed by atoms with Gasteiger partial charge in [-0.15, -0.1) is 0 Å². The van der Waals surface area contributed by atoms with Crippen molar-refractivity contribution in [2.75, 3.05) is 20.3 Å². The van der Waals surface area contributed by atoms with Gasteiger partial charge in [0, 0.05) is 33.2 Å². The molecule has 0 aliphatic rings. The summed E-state index contributed by atoms with van der Waals surface area (Å²) in [5, 5.41) is 18.7. The molecule has 0 aliphatic heterocycles. The van der Waals surface area contributed by atoms with Crippen LogP contribution in [-0.2, 0) is 66.6 Å². The van der Waals surface area contributed by atoms with E-state index in [-0.39, 0.29) is 13.0 Å². The van der Waals surface area contributed by atoms with E-state index in [9.17, 15) is 53.1 Å². The molecular weight excluding hydrogens is 600 g/mol. The number of carbonyl (C=O) groups excluding carboxylic acids is 3. The second kappa shape index (κ2) is 15.8. The van der Waals surface area contributed by atoms with Crippen LogP contribution < -0.4 is 34.1 Å². The van der Waals surface area contributed by atoms with Gasteiger partial charge in [-0.05, 0) is 0 Å². The second-order valence-corrected chi connectivity index (χ2v) is 9.02. The lowest BCUT2D eigenvalue weighted by Gasteiger charge is -2.13. The van der Waals surface area contributed by atoms with E-state index in [1.165, 1.54) is 0 Å². The maximum Gasteiger partial charge on any atom is 0.336 e. The molecule has 0 amide bonds. The quantitative estimate of drug-likeness (QED) is 0.115.